The molecule has 2 nitrogen and oxygen atoms in total. The van der Waals surface area contributed by atoms with Gasteiger partial charge in [0.2, 0.25) is 0 Å². The minimum absolute atomic E-state index is 0. The van der Waals surface area contributed by atoms with Crippen LogP contribution in [0.5, 0.6) is 0 Å². The van der Waals surface area contributed by atoms with Crippen LogP contribution < -0.4 is 5.73 Å². The molecule has 1 rings (SSSR count). The number of nitrogen functional groups attached to an aromatic ring is 1. The average molecular weight is 180 g/mol. The number of rotatable bonds is 1. The third-order valence-corrected chi connectivity index (χ3v) is 2.00. The quantitative estimate of drug-likeness (QED) is 0.721. The van der Waals surface area contributed by atoms with Gasteiger partial charge in [0.1, 0.15) is 5.82 Å². The predicted molar refractivity (Wildman–Crippen MR) is 58.9 cm³/mol. The standard InChI is InChI=1S/C10H16N2.CH4/c1-6(2)9-7(3)5-8(4)12-10(9)11;/h5-6H,1-4H3,(H2,11,12);1H4. The Kier molecular flexibility index (Phi) is 3.92. The minimum atomic E-state index is 0. The van der Waals surface area contributed by atoms with Crippen molar-refractivity contribution in [2.24, 2.45) is 0 Å². The van der Waals surface area contributed by atoms with Crippen LogP contribution in [0, 0.1) is 13.8 Å². The third kappa shape index (κ3) is 2.44. The predicted octanol–water partition coefficient (Wildman–Crippen LogP) is 3.04. The fraction of sp³-hybridized carbons (Fsp3) is 0.545. The van der Waals surface area contributed by atoms with Crippen molar-refractivity contribution in [2.45, 2.75) is 41.0 Å². The lowest BCUT2D eigenvalue weighted by Gasteiger charge is -2.12. The molecule has 0 atom stereocenters. The molecule has 0 aliphatic carbocycles. The molecule has 1 aromatic rings. The first-order chi connectivity index (χ1) is 5.52. The Bertz CT molecular complexity index is 267. The summed E-state index contributed by atoms with van der Waals surface area (Å²) in [5.74, 6) is 1.14. The zero-order valence-electron chi connectivity index (χ0n) is 8.18. The van der Waals surface area contributed by atoms with Gasteiger partial charge >= 0.3 is 0 Å². The molecule has 0 saturated heterocycles. The van der Waals surface area contributed by atoms with E-state index in [-0.39, 0.29) is 7.43 Å². The Morgan fingerprint density at radius 1 is 1.31 bits per heavy atom. The van der Waals surface area contributed by atoms with Crippen molar-refractivity contribution in [3.63, 3.8) is 0 Å². The number of aromatic nitrogens is 1. The van der Waals surface area contributed by atoms with Crippen molar-refractivity contribution in [1.82, 2.24) is 4.98 Å². The van der Waals surface area contributed by atoms with Crippen LogP contribution in [0.3, 0.4) is 0 Å². The van der Waals surface area contributed by atoms with Gasteiger partial charge in [0.15, 0.2) is 0 Å². The van der Waals surface area contributed by atoms with Gasteiger partial charge in [-0.05, 0) is 37.0 Å². The van der Waals surface area contributed by atoms with Crippen LogP contribution in [-0.4, -0.2) is 4.98 Å². The van der Waals surface area contributed by atoms with Crippen molar-refractivity contribution in [2.75, 3.05) is 5.73 Å². The van der Waals surface area contributed by atoms with Gasteiger partial charge in [-0.3, -0.25) is 0 Å². The van der Waals surface area contributed by atoms with Crippen LogP contribution in [0.15, 0.2) is 6.07 Å². The van der Waals surface area contributed by atoms with E-state index < -0.39 is 0 Å². The summed E-state index contributed by atoms with van der Waals surface area (Å²) in [5.41, 5.74) is 9.23. The molecule has 13 heavy (non-hydrogen) atoms. The number of hydrogen-bond acceptors (Lipinski definition) is 2. The molecule has 2 N–H and O–H groups in total. The van der Waals surface area contributed by atoms with Crippen LogP contribution in [-0.2, 0) is 0 Å². The highest BCUT2D eigenvalue weighted by molar-refractivity contribution is 5.47. The van der Waals surface area contributed by atoms with E-state index in [0.29, 0.717) is 11.7 Å². The Labute approximate surface area is 81.2 Å². The van der Waals surface area contributed by atoms with E-state index in [4.69, 9.17) is 5.73 Å². The molecule has 0 saturated carbocycles. The first-order valence-corrected chi connectivity index (χ1v) is 4.26. The van der Waals surface area contributed by atoms with Gasteiger partial charge in [-0.15, -0.1) is 0 Å². The summed E-state index contributed by atoms with van der Waals surface area (Å²) in [6.07, 6.45) is 0. The summed E-state index contributed by atoms with van der Waals surface area (Å²) in [4.78, 5) is 4.23. The molecule has 2 heteroatoms. The van der Waals surface area contributed by atoms with E-state index in [1.807, 2.05) is 6.92 Å². The molecule has 0 aliphatic heterocycles. The zero-order chi connectivity index (χ0) is 9.30. The lowest BCUT2D eigenvalue weighted by Crippen LogP contribution is -2.03. The molecule has 0 unspecified atom stereocenters. The van der Waals surface area contributed by atoms with Gasteiger partial charge in [-0.1, -0.05) is 21.3 Å². The van der Waals surface area contributed by atoms with Crippen molar-refractivity contribution in [1.29, 1.82) is 0 Å². The Morgan fingerprint density at radius 2 is 1.85 bits per heavy atom. The second-order valence-corrected chi connectivity index (χ2v) is 3.53. The molecule has 0 aromatic carbocycles. The highest BCUT2D eigenvalue weighted by Gasteiger charge is 2.08. The Morgan fingerprint density at radius 3 is 2.23 bits per heavy atom. The van der Waals surface area contributed by atoms with Crippen LogP contribution in [0.1, 0.15) is 44.0 Å². The van der Waals surface area contributed by atoms with Crippen molar-refractivity contribution in [3.05, 3.63) is 22.9 Å². The SMILES string of the molecule is C.Cc1cc(C)c(C(C)C)c(N)n1. The van der Waals surface area contributed by atoms with E-state index in [0.717, 1.165) is 5.69 Å². The van der Waals surface area contributed by atoms with Gasteiger partial charge in [-0.25, -0.2) is 4.98 Å². The second-order valence-electron chi connectivity index (χ2n) is 3.53. The van der Waals surface area contributed by atoms with E-state index in [1.54, 1.807) is 0 Å². The fourth-order valence-corrected chi connectivity index (χ4v) is 1.63. The smallest absolute Gasteiger partial charge is 0.127 e. The highest BCUT2D eigenvalue weighted by Crippen LogP contribution is 2.24. The van der Waals surface area contributed by atoms with Crippen molar-refractivity contribution >= 4 is 5.82 Å². The van der Waals surface area contributed by atoms with E-state index in [1.165, 1.54) is 11.1 Å². The first-order valence-electron chi connectivity index (χ1n) is 4.26. The van der Waals surface area contributed by atoms with Crippen LogP contribution in [0.2, 0.25) is 0 Å². The molecule has 0 bridgehead atoms. The molecule has 1 aromatic heterocycles. The summed E-state index contributed by atoms with van der Waals surface area (Å²) in [7, 11) is 0. The van der Waals surface area contributed by atoms with Gasteiger partial charge in [0.05, 0.1) is 0 Å². The molecular weight excluding hydrogens is 160 g/mol. The third-order valence-electron chi connectivity index (χ3n) is 2.00. The molecule has 0 fully saturated rings. The van der Waals surface area contributed by atoms with Crippen LogP contribution in [0.25, 0.3) is 0 Å². The van der Waals surface area contributed by atoms with Gasteiger partial charge in [0.25, 0.3) is 0 Å². The number of anilines is 1. The summed E-state index contributed by atoms with van der Waals surface area (Å²) >= 11 is 0. The largest absolute Gasteiger partial charge is 0.383 e. The summed E-state index contributed by atoms with van der Waals surface area (Å²) in [6.45, 7) is 8.32. The van der Waals surface area contributed by atoms with Gasteiger partial charge < -0.3 is 5.73 Å². The van der Waals surface area contributed by atoms with Crippen molar-refractivity contribution in [3.8, 4) is 0 Å². The molecule has 1 heterocycles. The molecule has 74 valence electrons. The number of nitrogens with two attached hydrogens (primary N) is 1. The maximum atomic E-state index is 5.81. The van der Waals surface area contributed by atoms with E-state index in [2.05, 4.69) is 31.8 Å². The Hall–Kier alpha value is -1.05. The minimum Gasteiger partial charge on any atom is -0.383 e. The number of aryl methyl sites for hydroxylation is 2. The average Bonchev–Trinajstić information content (AvgIpc) is 1.82. The highest BCUT2D eigenvalue weighted by atomic mass is 14.8. The van der Waals surface area contributed by atoms with E-state index >= 15 is 0 Å². The monoisotopic (exact) mass is 180 g/mol. The zero-order valence-corrected chi connectivity index (χ0v) is 8.18. The number of pyridine rings is 1. The lowest BCUT2D eigenvalue weighted by molar-refractivity contribution is 0.849. The molecule has 0 aliphatic rings. The van der Waals surface area contributed by atoms with Crippen LogP contribution >= 0.6 is 0 Å². The molecular formula is C11H20N2. The maximum Gasteiger partial charge on any atom is 0.127 e. The number of nitrogens with zero attached hydrogens (tertiary/aromatic N) is 1. The summed E-state index contributed by atoms with van der Waals surface area (Å²) in [6, 6.07) is 2.08. The second kappa shape index (κ2) is 4.26. The molecule has 0 spiro atoms. The number of hydrogen-bond donors (Lipinski definition) is 1. The van der Waals surface area contributed by atoms with Gasteiger partial charge in [0, 0.05) is 5.69 Å². The first kappa shape index (κ1) is 11.9. The fourth-order valence-electron chi connectivity index (χ4n) is 1.63. The lowest BCUT2D eigenvalue weighted by atomic mass is 9.98. The van der Waals surface area contributed by atoms with E-state index in [9.17, 15) is 0 Å². The maximum absolute atomic E-state index is 5.81. The summed E-state index contributed by atoms with van der Waals surface area (Å²) in [5, 5.41) is 0. The normalized spacial score (nSPS) is 9.92. The molecule has 0 radical (unpaired) electrons. The summed E-state index contributed by atoms with van der Waals surface area (Å²) < 4.78 is 0. The van der Waals surface area contributed by atoms with Gasteiger partial charge in [-0.2, -0.15) is 0 Å². The topological polar surface area (TPSA) is 38.9 Å². The van der Waals surface area contributed by atoms with Crippen LogP contribution in [0.4, 0.5) is 5.82 Å². The molecule has 0 amide bonds. The van der Waals surface area contributed by atoms with Crippen molar-refractivity contribution < 1.29 is 0 Å². The Balaban J connectivity index is 0.00000144.